The Morgan fingerprint density at radius 2 is 1.43 bits per heavy atom. The van der Waals surface area contributed by atoms with Gasteiger partial charge in [-0.1, -0.05) is 42.5 Å². The zero-order valence-corrected chi connectivity index (χ0v) is 22.2. The maximum Gasteiger partial charge on any atom is 0.272 e. The highest BCUT2D eigenvalue weighted by molar-refractivity contribution is 8.00. The van der Waals surface area contributed by atoms with Gasteiger partial charge in [-0.15, -0.1) is 11.8 Å². The number of nitrogens with one attached hydrogen (secondary N) is 3. The second-order valence-corrected chi connectivity index (χ2v) is 10.1. The van der Waals surface area contributed by atoms with Crippen LogP contribution in [-0.2, 0) is 9.59 Å². The zero-order chi connectivity index (χ0) is 28.5. The molecule has 40 heavy (non-hydrogen) atoms. The largest absolute Gasteiger partial charge is 0.323 e. The van der Waals surface area contributed by atoms with Crippen molar-refractivity contribution < 1.29 is 23.2 Å². The molecule has 0 fully saturated rings. The number of para-hydroxylation sites is 1. The minimum absolute atomic E-state index is 0.0302. The molecule has 0 saturated carbocycles. The second kappa shape index (κ2) is 13.3. The Bertz CT molecular complexity index is 1530. The SMILES string of the molecule is CC(Sc1ccc(NC(=O)/C(=C/c2ccc(F)cc2)NC(=O)c2ccccc2)cc1)C(=O)Nc1ccccc1F. The molecule has 4 rings (SSSR count). The van der Waals surface area contributed by atoms with Gasteiger partial charge in [0.05, 0.1) is 10.9 Å². The third-order valence-corrected chi connectivity index (χ3v) is 6.75. The molecule has 3 amide bonds. The van der Waals surface area contributed by atoms with Gasteiger partial charge in [-0.2, -0.15) is 0 Å². The van der Waals surface area contributed by atoms with Crippen molar-refractivity contribution in [2.45, 2.75) is 17.1 Å². The fourth-order valence-corrected chi connectivity index (χ4v) is 4.41. The number of hydrogen-bond acceptors (Lipinski definition) is 4. The number of carbonyl (C=O) groups excluding carboxylic acids is 3. The van der Waals surface area contributed by atoms with Crippen molar-refractivity contribution in [3.05, 3.63) is 132 Å². The van der Waals surface area contributed by atoms with Crippen LogP contribution in [0.15, 0.2) is 114 Å². The predicted octanol–water partition coefficient (Wildman–Crippen LogP) is 6.49. The van der Waals surface area contributed by atoms with Crippen LogP contribution in [0.1, 0.15) is 22.8 Å². The van der Waals surface area contributed by atoms with E-state index in [-0.39, 0.29) is 17.3 Å². The number of amides is 3. The van der Waals surface area contributed by atoms with Crippen LogP contribution in [0, 0.1) is 11.6 Å². The Hall–Kier alpha value is -4.76. The van der Waals surface area contributed by atoms with Crippen LogP contribution >= 0.6 is 11.8 Å². The van der Waals surface area contributed by atoms with Crippen LogP contribution < -0.4 is 16.0 Å². The molecule has 0 spiro atoms. The monoisotopic (exact) mass is 557 g/mol. The van der Waals surface area contributed by atoms with E-state index in [0.29, 0.717) is 16.8 Å². The van der Waals surface area contributed by atoms with Gasteiger partial charge in [0, 0.05) is 16.1 Å². The number of halogens is 2. The second-order valence-electron chi connectivity index (χ2n) is 8.64. The van der Waals surface area contributed by atoms with Gasteiger partial charge in [-0.3, -0.25) is 14.4 Å². The van der Waals surface area contributed by atoms with Gasteiger partial charge in [0.2, 0.25) is 5.91 Å². The summed E-state index contributed by atoms with van der Waals surface area (Å²) in [5, 5.41) is 7.44. The van der Waals surface area contributed by atoms with Crippen LogP contribution in [0.5, 0.6) is 0 Å². The number of hydrogen-bond donors (Lipinski definition) is 3. The molecule has 1 unspecified atom stereocenters. The summed E-state index contributed by atoms with van der Waals surface area (Å²) in [6, 6.07) is 26.7. The van der Waals surface area contributed by atoms with Crippen molar-refractivity contribution >= 4 is 46.9 Å². The molecule has 0 aromatic heterocycles. The maximum absolute atomic E-state index is 13.8. The van der Waals surface area contributed by atoms with Gasteiger partial charge < -0.3 is 16.0 Å². The molecular formula is C31H25F2N3O3S. The topological polar surface area (TPSA) is 87.3 Å². The summed E-state index contributed by atoms with van der Waals surface area (Å²) in [5.41, 5.74) is 1.43. The number of thioether (sulfide) groups is 1. The molecule has 4 aromatic carbocycles. The molecule has 0 bridgehead atoms. The van der Waals surface area contributed by atoms with E-state index in [4.69, 9.17) is 0 Å². The normalized spacial score (nSPS) is 11.8. The first-order valence-corrected chi connectivity index (χ1v) is 13.1. The van der Waals surface area contributed by atoms with Crippen LogP contribution in [0.2, 0.25) is 0 Å². The predicted molar refractivity (Wildman–Crippen MR) is 154 cm³/mol. The van der Waals surface area contributed by atoms with E-state index in [9.17, 15) is 23.2 Å². The van der Waals surface area contributed by atoms with Crippen LogP contribution in [0.3, 0.4) is 0 Å². The molecule has 0 saturated heterocycles. The molecule has 3 N–H and O–H groups in total. The number of benzene rings is 4. The molecule has 4 aromatic rings. The highest BCUT2D eigenvalue weighted by Gasteiger charge is 2.17. The molecule has 6 nitrogen and oxygen atoms in total. The van der Waals surface area contributed by atoms with Crippen molar-refractivity contribution in [2.24, 2.45) is 0 Å². The molecule has 0 aliphatic rings. The molecule has 0 heterocycles. The van der Waals surface area contributed by atoms with Gasteiger partial charge in [-0.05, 0) is 79.2 Å². The van der Waals surface area contributed by atoms with Crippen molar-refractivity contribution in [3.8, 4) is 0 Å². The lowest BCUT2D eigenvalue weighted by molar-refractivity contribution is -0.115. The highest BCUT2D eigenvalue weighted by Crippen LogP contribution is 2.26. The average molecular weight is 558 g/mol. The lowest BCUT2D eigenvalue weighted by Crippen LogP contribution is -2.30. The van der Waals surface area contributed by atoms with E-state index in [1.165, 1.54) is 54.2 Å². The van der Waals surface area contributed by atoms with E-state index in [1.54, 1.807) is 73.7 Å². The molecule has 1 atom stereocenters. The van der Waals surface area contributed by atoms with Crippen molar-refractivity contribution in [2.75, 3.05) is 10.6 Å². The molecule has 9 heteroatoms. The van der Waals surface area contributed by atoms with Crippen molar-refractivity contribution in [3.63, 3.8) is 0 Å². The summed E-state index contributed by atoms with van der Waals surface area (Å²) >= 11 is 1.27. The fourth-order valence-electron chi connectivity index (χ4n) is 3.54. The van der Waals surface area contributed by atoms with Crippen molar-refractivity contribution in [1.29, 1.82) is 0 Å². The minimum atomic E-state index is -0.577. The fraction of sp³-hybridized carbons (Fsp3) is 0.0645. The molecule has 0 radical (unpaired) electrons. The molecule has 0 aliphatic carbocycles. The third-order valence-electron chi connectivity index (χ3n) is 5.64. The molecular weight excluding hydrogens is 532 g/mol. The summed E-state index contributed by atoms with van der Waals surface area (Å²) in [5.74, 6) is -2.34. The van der Waals surface area contributed by atoms with E-state index in [2.05, 4.69) is 16.0 Å². The highest BCUT2D eigenvalue weighted by atomic mass is 32.2. The zero-order valence-electron chi connectivity index (χ0n) is 21.4. The lowest BCUT2D eigenvalue weighted by atomic mass is 10.1. The van der Waals surface area contributed by atoms with Crippen molar-refractivity contribution in [1.82, 2.24) is 5.32 Å². The first-order chi connectivity index (χ1) is 19.3. The smallest absolute Gasteiger partial charge is 0.272 e. The van der Waals surface area contributed by atoms with Crippen LogP contribution in [0.25, 0.3) is 6.08 Å². The average Bonchev–Trinajstić information content (AvgIpc) is 2.96. The number of carbonyl (C=O) groups is 3. The molecule has 0 aliphatic heterocycles. The van der Waals surface area contributed by atoms with Gasteiger partial charge in [-0.25, -0.2) is 8.78 Å². The van der Waals surface area contributed by atoms with E-state index >= 15 is 0 Å². The van der Waals surface area contributed by atoms with E-state index < -0.39 is 28.7 Å². The summed E-state index contributed by atoms with van der Waals surface area (Å²) in [6.07, 6.45) is 1.45. The standard InChI is InChI=1S/C31H25F2N3O3S/c1-20(29(37)35-27-10-6-5-9-26(27)33)40-25-17-15-24(16-18-25)34-31(39)28(19-21-11-13-23(32)14-12-21)36-30(38)22-7-3-2-4-8-22/h2-20H,1H3,(H,34,39)(H,35,37)(H,36,38)/b28-19-. The van der Waals surface area contributed by atoms with E-state index in [0.717, 1.165) is 4.90 Å². The van der Waals surface area contributed by atoms with Crippen LogP contribution in [0.4, 0.5) is 20.2 Å². The maximum atomic E-state index is 13.8. The van der Waals surface area contributed by atoms with Gasteiger partial charge in [0.1, 0.15) is 17.3 Å². The van der Waals surface area contributed by atoms with Crippen LogP contribution in [-0.4, -0.2) is 23.0 Å². The Morgan fingerprint density at radius 1 is 0.775 bits per heavy atom. The summed E-state index contributed by atoms with van der Waals surface area (Å²) < 4.78 is 27.2. The molecule has 202 valence electrons. The summed E-state index contributed by atoms with van der Waals surface area (Å²) in [6.45, 7) is 1.71. The lowest BCUT2D eigenvalue weighted by Gasteiger charge is -2.14. The first-order valence-electron chi connectivity index (χ1n) is 12.3. The Morgan fingerprint density at radius 3 is 2.10 bits per heavy atom. The summed E-state index contributed by atoms with van der Waals surface area (Å²) in [7, 11) is 0. The quantitative estimate of drug-likeness (QED) is 0.162. The first kappa shape index (κ1) is 28.3. The van der Waals surface area contributed by atoms with Gasteiger partial charge in [0.15, 0.2) is 0 Å². The Kier molecular flexibility index (Phi) is 9.43. The van der Waals surface area contributed by atoms with Gasteiger partial charge in [0.25, 0.3) is 11.8 Å². The van der Waals surface area contributed by atoms with Gasteiger partial charge >= 0.3 is 0 Å². The third kappa shape index (κ3) is 7.87. The van der Waals surface area contributed by atoms with E-state index in [1.807, 2.05) is 0 Å². The number of rotatable bonds is 9. The summed E-state index contributed by atoms with van der Waals surface area (Å²) in [4.78, 5) is 39.1. The Labute approximate surface area is 234 Å². The number of anilines is 2. The Balaban J connectivity index is 1.43. The minimum Gasteiger partial charge on any atom is -0.323 e.